The summed E-state index contributed by atoms with van der Waals surface area (Å²) in [6.45, 7) is 4.13. The Morgan fingerprint density at radius 2 is 2.16 bits per heavy atom. The second-order valence-electron chi connectivity index (χ2n) is 5.17. The quantitative estimate of drug-likeness (QED) is 0.560. The summed E-state index contributed by atoms with van der Waals surface area (Å²) in [5.41, 5.74) is 4.00. The second-order valence-corrected chi connectivity index (χ2v) is 5.17. The van der Waals surface area contributed by atoms with Gasteiger partial charge in [0.05, 0.1) is 0 Å². The predicted octanol–water partition coefficient (Wildman–Crippen LogP) is 1.99. The van der Waals surface area contributed by atoms with Gasteiger partial charge >= 0.3 is 0 Å². The van der Waals surface area contributed by atoms with E-state index in [1.165, 1.54) is 6.42 Å². The molecule has 2 rings (SSSR count). The number of aryl methyl sites for hydroxylation is 1. The Balaban J connectivity index is 2.18. The Bertz CT molecular complexity index is 441. The van der Waals surface area contributed by atoms with Crippen molar-refractivity contribution in [2.75, 3.05) is 5.43 Å². The molecule has 104 valence electrons. The van der Waals surface area contributed by atoms with Crippen molar-refractivity contribution in [3.05, 3.63) is 23.4 Å². The summed E-state index contributed by atoms with van der Waals surface area (Å²) < 4.78 is 0. The summed E-state index contributed by atoms with van der Waals surface area (Å²) in [5.74, 6) is 5.89. The molecule has 1 aromatic heterocycles. The van der Waals surface area contributed by atoms with E-state index in [0.717, 1.165) is 31.4 Å². The molecular weight excluding hydrogens is 240 g/mol. The molecule has 0 aliphatic heterocycles. The first kappa shape index (κ1) is 13.8. The molecule has 4 N–H and O–H groups in total. The van der Waals surface area contributed by atoms with E-state index in [4.69, 9.17) is 5.84 Å². The monoisotopic (exact) mass is 262 g/mol. The van der Waals surface area contributed by atoms with E-state index in [1.807, 2.05) is 13.0 Å². The molecule has 1 aliphatic carbocycles. The van der Waals surface area contributed by atoms with Crippen LogP contribution in [0, 0.1) is 0 Å². The van der Waals surface area contributed by atoms with Gasteiger partial charge in [-0.3, -0.25) is 4.79 Å². The number of amides is 1. The number of hydrogen-bond acceptors (Lipinski definition) is 4. The number of rotatable bonds is 5. The number of carbonyl (C=O) groups excluding carboxylic acids is 1. The molecule has 0 aromatic carbocycles. The van der Waals surface area contributed by atoms with Crippen LogP contribution < -0.4 is 16.6 Å². The molecule has 1 aliphatic rings. The molecule has 0 radical (unpaired) electrons. The van der Waals surface area contributed by atoms with Gasteiger partial charge in [-0.2, -0.15) is 0 Å². The normalized spacial score (nSPS) is 16.6. The van der Waals surface area contributed by atoms with Crippen LogP contribution in [-0.4, -0.2) is 16.4 Å². The molecule has 1 heterocycles. The van der Waals surface area contributed by atoms with E-state index in [9.17, 15) is 4.79 Å². The lowest BCUT2D eigenvalue weighted by molar-refractivity contribution is 0.0820. The van der Waals surface area contributed by atoms with Gasteiger partial charge in [0.15, 0.2) is 0 Å². The SMILES string of the molecule is CCc1cc(C(=O)NC2(CC)CCC2)cc(NN)n1. The van der Waals surface area contributed by atoms with Crippen molar-refractivity contribution in [3.63, 3.8) is 0 Å². The van der Waals surface area contributed by atoms with Gasteiger partial charge < -0.3 is 10.7 Å². The lowest BCUT2D eigenvalue weighted by atomic mass is 9.74. The molecule has 5 heteroatoms. The van der Waals surface area contributed by atoms with Gasteiger partial charge in [0.1, 0.15) is 5.82 Å². The first-order valence-corrected chi connectivity index (χ1v) is 6.92. The van der Waals surface area contributed by atoms with Crippen molar-refractivity contribution in [1.82, 2.24) is 10.3 Å². The maximum Gasteiger partial charge on any atom is 0.251 e. The van der Waals surface area contributed by atoms with Crippen molar-refractivity contribution in [1.29, 1.82) is 0 Å². The molecule has 0 spiro atoms. The zero-order valence-corrected chi connectivity index (χ0v) is 11.6. The lowest BCUT2D eigenvalue weighted by Crippen LogP contribution is -2.53. The summed E-state index contributed by atoms with van der Waals surface area (Å²) in [6, 6.07) is 3.52. The smallest absolute Gasteiger partial charge is 0.251 e. The van der Waals surface area contributed by atoms with Crippen LogP contribution >= 0.6 is 0 Å². The summed E-state index contributed by atoms with van der Waals surface area (Å²) in [5, 5.41) is 3.16. The number of anilines is 1. The molecule has 0 unspecified atom stereocenters. The number of hydrogen-bond donors (Lipinski definition) is 3. The number of carbonyl (C=O) groups is 1. The molecule has 19 heavy (non-hydrogen) atoms. The Labute approximate surface area is 114 Å². The first-order valence-electron chi connectivity index (χ1n) is 6.92. The third-order valence-electron chi connectivity index (χ3n) is 4.02. The number of pyridine rings is 1. The standard InChI is InChI=1S/C14H22N4O/c1-3-11-8-10(9-12(16-11)18-15)13(19)17-14(4-2)6-5-7-14/h8-9H,3-7,15H2,1-2H3,(H,16,18)(H,17,19). The molecular formula is C14H22N4O. The summed E-state index contributed by atoms with van der Waals surface area (Å²) in [4.78, 5) is 16.6. The summed E-state index contributed by atoms with van der Waals surface area (Å²) >= 11 is 0. The minimum atomic E-state index is -0.0323. The third kappa shape index (κ3) is 2.87. The lowest BCUT2D eigenvalue weighted by Gasteiger charge is -2.42. The highest BCUT2D eigenvalue weighted by Gasteiger charge is 2.36. The topological polar surface area (TPSA) is 80.0 Å². The number of nitrogens with two attached hydrogens (primary N) is 1. The van der Waals surface area contributed by atoms with Crippen molar-refractivity contribution < 1.29 is 4.79 Å². The first-order chi connectivity index (χ1) is 9.12. The van der Waals surface area contributed by atoms with Crippen LogP contribution in [0.3, 0.4) is 0 Å². The highest BCUT2D eigenvalue weighted by molar-refractivity contribution is 5.95. The van der Waals surface area contributed by atoms with E-state index in [-0.39, 0.29) is 11.4 Å². The highest BCUT2D eigenvalue weighted by Crippen LogP contribution is 2.34. The Hall–Kier alpha value is -1.62. The molecule has 5 nitrogen and oxygen atoms in total. The largest absolute Gasteiger partial charge is 0.347 e. The van der Waals surface area contributed by atoms with Crippen LogP contribution in [0.5, 0.6) is 0 Å². The summed E-state index contributed by atoms with van der Waals surface area (Å²) in [6.07, 6.45) is 5.09. The van der Waals surface area contributed by atoms with Gasteiger partial charge in [0, 0.05) is 16.8 Å². The second kappa shape index (κ2) is 5.57. The molecule has 0 saturated heterocycles. The van der Waals surface area contributed by atoms with Crippen molar-refractivity contribution >= 4 is 11.7 Å². The minimum Gasteiger partial charge on any atom is -0.347 e. The number of nitrogens with one attached hydrogen (secondary N) is 2. The molecule has 1 saturated carbocycles. The van der Waals surface area contributed by atoms with Crippen molar-refractivity contribution in [2.45, 2.75) is 51.5 Å². The average Bonchev–Trinajstić information content (AvgIpc) is 2.41. The van der Waals surface area contributed by atoms with E-state index >= 15 is 0 Å². The molecule has 0 bridgehead atoms. The predicted molar refractivity (Wildman–Crippen MR) is 75.8 cm³/mol. The fourth-order valence-electron chi connectivity index (χ4n) is 2.46. The van der Waals surface area contributed by atoms with Crippen LogP contribution in [0.25, 0.3) is 0 Å². The van der Waals surface area contributed by atoms with Gasteiger partial charge in [0.2, 0.25) is 0 Å². The van der Waals surface area contributed by atoms with Crippen LogP contribution in [0.1, 0.15) is 55.6 Å². The average molecular weight is 262 g/mol. The summed E-state index contributed by atoms with van der Waals surface area (Å²) in [7, 11) is 0. The zero-order valence-electron chi connectivity index (χ0n) is 11.6. The minimum absolute atomic E-state index is 0.00301. The third-order valence-corrected chi connectivity index (χ3v) is 4.02. The van der Waals surface area contributed by atoms with Crippen LogP contribution in [0.2, 0.25) is 0 Å². The van der Waals surface area contributed by atoms with E-state index in [0.29, 0.717) is 11.4 Å². The van der Waals surface area contributed by atoms with E-state index < -0.39 is 0 Å². The molecule has 0 atom stereocenters. The number of aromatic nitrogens is 1. The van der Waals surface area contributed by atoms with E-state index in [2.05, 4.69) is 22.7 Å². The highest BCUT2D eigenvalue weighted by atomic mass is 16.1. The van der Waals surface area contributed by atoms with Gasteiger partial charge in [0.25, 0.3) is 5.91 Å². The number of hydrazine groups is 1. The zero-order chi connectivity index (χ0) is 13.9. The molecule has 1 aromatic rings. The maximum absolute atomic E-state index is 12.3. The van der Waals surface area contributed by atoms with Crippen LogP contribution in [0.15, 0.2) is 12.1 Å². The van der Waals surface area contributed by atoms with Crippen LogP contribution in [-0.2, 0) is 6.42 Å². The Morgan fingerprint density at radius 1 is 1.42 bits per heavy atom. The van der Waals surface area contributed by atoms with Crippen molar-refractivity contribution in [2.24, 2.45) is 5.84 Å². The van der Waals surface area contributed by atoms with E-state index in [1.54, 1.807) is 6.07 Å². The van der Waals surface area contributed by atoms with Gasteiger partial charge in [-0.1, -0.05) is 13.8 Å². The maximum atomic E-state index is 12.3. The fraction of sp³-hybridized carbons (Fsp3) is 0.571. The fourth-order valence-corrected chi connectivity index (χ4v) is 2.46. The van der Waals surface area contributed by atoms with Gasteiger partial charge in [-0.15, -0.1) is 0 Å². The molecule has 1 amide bonds. The Morgan fingerprint density at radius 3 is 2.63 bits per heavy atom. The molecule has 1 fully saturated rings. The number of nitrogens with zero attached hydrogens (tertiary/aromatic N) is 1. The van der Waals surface area contributed by atoms with Gasteiger partial charge in [-0.25, -0.2) is 10.8 Å². The number of nitrogen functional groups attached to an aromatic ring is 1. The van der Waals surface area contributed by atoms with Gasteiger partial charge in [-0.05, 0) is 44.2 Å². The van der Waals surface area contributed by atoms with Crippen molar-refractivity contribution in [3.8, 4) is 0 Å². The van der Waals surface area contributed by atoms with Crippen LogP contribution in [0.4, 0.5) is 5.82 Å². The Kier molecular flexibility index (Phi) is 4.04.